The summed E-state index contributed by atoms with van der Waals surface area (Å²) in [5, 5.41) is 0. The average molecular weight is 1130 g/mol. The van der Waals surface area contributed by atoms with Gasteiger partial charge in [-0.15, -0.1) is 0 Å². The molecule has 0 amide bonds. The zero-order chi connectivity index (χ0) is 58.5. The summed E-state index contributed by atoms with van der Waals surface area (Å²) < 4.78 is 17.0. The van der Waals surface area contributed by atoms with Gasteiger partial charge in [0.1, 0.15) is 13.2 Å². The van der Waals surface area contributed by atoms with Crippen LogP contribution in [0.15, 0.2) is 72.9 Å². The van der Waals surface area contributed by atoms with Crippen LogP contribution in [0, 0.1) is 0 Å². The first-order chi connectivity index (χ1) is 40.0. The van der Waals surface area contributed by atoms with Crippen molar-refractivity contribution in [1.29, 1.82) is 0 Å². The zero-order valence-corrected chi connectivity index (χ0v) is 54.1. The molecule has 0 aliphatic carbocycles. The quantitative estimate of drug-likeness (QED) is 0.0261. The number of hydrogen-bond acceptors (Lipinski definition) is 6. The van der Waals surface area contributed by atoms with Crippen molar-refractivity contribution in [1.82, 2.24) is 0 Å². The van der Waals surface area contributed by atoms with Gasteiger partial charge in [-0.25, -0.2) is 0 Å². The Hall–Kier alpha value is -3.15. The molecule has 0 aliphatic rings. The van der Waals surface area contributed by atoms with Crippen molar-refractivity contribution in [3.05, 3.63) is 72.9 Å². The van der Waals surface area contributed by atoms with Crippen molar-refractivity contribution in [3.8, 4) is 0 Å². The monoisotopic (exact) mass is 1130 g/mol. The second-order valence-electron chi connectivity index (χ2n) is 23.8. The first-order valence-electron chi connectivity index (χ1n) is 35.4. The fourth-order valence-electron chi connectivity index (χ4n) is 10.4. The van der Waals surface area contributed by atoms with E-state index >= 15 is 0 Å². The molecule has 0 radical (unpaired) electrons. The summed E-state index contributed by atoms with van der Waals surface area (Å²) >= 11 is 0. The van der Waals surface area contributed by atoms with Gasteiger partial charge in [-0.05, 0) is 109 Å². The maximum Gasteiger partial charge on any atom is 0.306 e. The summed E-state index contributed by atoms with van der Waals surface area (Å²) in [5.74, 6) is -0.868. The number of unbranched alkanes of at least 4 members (excludes halogenated alkanes) is 42. The van der Waals surface area contributed by atoms with E-state index in [2.05, 4.69) is 93.7 Å². The maximum absolute atomic E-state index is 13.0. The van der Waals surface area contributed by atoms with Crippen molar-refractivity contribution in [2.24, 2.45) is 0 Å². The first kappa shape index (κ1) is 77.9. The van der Waals surface area contributed by atoms with Crippen LogP contribution in [0.25, 0.3) is 0 Å². The number of rotatable bonds is 65. The molecule has 0 aromatic heterocycles. The highest BCUT2D eigenvalue weighted by atomic mass is 16.6. The molecule has 6 nitrogen and oxygen atoms in total. The molecule has 1 unspecified atom stereocenters. The van der Waals surface area contributed by atoms with Crippen LogP contribution in [0.4, 0.5) is 0 Å². The molecular formula is C75H134O6. The minimum Gasteiger partial charge on any atom is -0.462 e. The Morgan fingerprint density at radius 3 is 0.765 bits per heavy atom. The fraction of sp³-hybridized carbons (Fsp3) is 0.800. The smallest absolute Gasteiger partial charge is 0.306 e. The average Bonchev–Trinajstić information content (AvgIpc) is 3.47. The van der Waals surface area contributed by atoms with Crippen molar-refractivity contribution in [3.63, 3.8) is 0 Å². The van der Waals surface area contributed by atoms with Gasteiger partial charge in [0, 0.05) is 19.3 Å². The third kappa shape index (κ3) is 67.5. The minimum absolute atomic E-state index is 0.0774. The van der Waals surface area contributed by atoms with E-state index in [0.29, 0.717) is 19.3 Å². The van der Waals surface area contributed by atoms with Gasteiger partial charge in [0.2, 0.25) is 0 Å². The lowest BCUT2D eigenvalue weighted by atomic mass is 10.1. The lowest BCUT2D eigenvalue weighted by Gasteiger charge is -2.18. The van der Waals surface area contributed by atoms with Crippen LogP contribution in [-0.2, 0) is 28.6 Å². The Morgan fingerprint density at radius 2 is 0.481 bits per heavy atom. The highest BCUT2D eigenvalue weighted by Crippen LogP contribution is 2.17. The van der Waals surface area contributed by atoms with Gasteiger partial charge in [0.25, 0.3) is 0 Å². The Balaban J connectivity index is 4.37. The molecule has 0 spiro atoms. The van der Waals surface area contributed by atoms with Gasteiger partial charge in [0.05, 0.1) is 0 Å². The molecule has 0 aliphatic heterocycles. The third-order valence-corrected chi connectivity index (χ3v) is 15.7. The summed E-state index contributed by atoms with van der Waals surface area (Å²) in [7, 11) is 0. The molecule has 81 heavy (non-hydrogen) atoms. The normalized spacial score (nSPS) is 12.5. The van der Waals surface area contributed by atoms with Crippen LogP contribution in [0.3, 0.4) is 0 Å². The van der Waals surface area contributed by atoms with Crippen molar-refractivity contribution < 1.29 is 28.6 Å². The molecule has 6 heteroatoms. The second-order valence-corrected chi connectivity index (χ2v) is 23.8. The van der Waals surface area contributed by atoms with E-state index in [1.807, 2.05) is 0 Å². The Bertz CT molecular complexity index is 1490. The van der Waals surface area contributed by atoms with Gasteiger partial charge in [-0.3, -0.25) is 14.4 Å². The molecule has 0 fully saturated rings. The largest absolute Gasteiger partial charge is 0.462 e. The van der Waals surface area contributed by atoms with Crippen LogP contribution < -0.4 is 0 Å². The van der Waals surface area contributed by atoms with Gasteiger partial charge in [0.15, 0.2) is 6.10 Å². The van der Waals surface area contributed by atoms with Crippen LogP contribution in [0.5, 0.6) is 0 Å². The highest BCUT2D eigenvalue weighted by Gasteiger charge is 2.19. The SMILES string of the molecule is CC/C=C\C/C=C\C/C=C\C/C=C\CCCCCCCCCCC(=O)OCC(COC(=O)CCCCCCCCCCC/C=C\CCCCCCCCCC)OC(=O)CCCCCCCCCCC/C=C\CCCCCCCCCC. The fourth-order valence-corrected chi connectivity index (χ4v) is 10.4. The number of allylic oxidation sites excluding steroid dienone is 12. The molecule has 0 saturated heterocycles. The Morgan fingerprint density at radius 1 is 0.259 bits per heavy atom. The van der Waals surface area contributed by atoms with Crippen LogP contribution in [0.2, 0.25) is 0 Å². The minimum atomic E-state index is -0.783. The predicted octanol–water partition coefficient (Wildman–Crippen LogP) is 24.4. The van der Waals surface area contributed by atoms with E-state index < -0.39 is 6.10 Å². The number of hydrogen-bond donors (Lipinski definition) is 0. The van der Waals surface area contributed by atoms with Crippen LogP contribution in [-0.4, -0.2) is 37.2 Å². The highest BCUT2D eigenvalue weighted by molar-refractivity contribution is 5.71. The lowest BCUT2D eigenvalue weighted by Crippen LogP contribution is -2.30. The van der Waals surface area contributed by atoms with Crippen molar-refractivity contribution >= 4 is 17.9 Å². The van der Waals surface area contributed by atoms with E-state index in [9.17, 15) is 14.4 Å². The zero-order valence-electron chi connectivity index (χ0n) is 54.1. The molecule has 470 valence electrons. The Kier molecular flexibility index (Phi) is 66.6. The molecule has 1 atom stereocenters. The van der Waals surface area contributed by atoms with Crippen molar-refractivity contribution in [2.75, 3.05) is 13.2 Å². The first-order valence-corrected chi connectivity index (χ1v) is 35.4. The number of ether oxygens (including phenoxy) is 3. The lowest BCUT2D eigenvalue weighted by molar-refractivity contribution is -0.167. The van der Waals surface area contributed by atoms with Gasteiger partial charge >= 0.3 is 17.9 Å². The molecule has 0 aromatic rings. The predicted molar refractivity (Wildman–Crippen MR) is 353 cm³/mol. The number of esters is 3. The van der Waals surface area contributed by atoms with E-state index in [-0.39, 0.29) is 31.1 Å². The molecule has 0 N–H and O–H groups in total. The molecule has 0 rings (SSSR count). The van der Waals surface area contributed by atoms with E-state index in [1.165, 1.54) is 238 Å². The van der Waals surface area contributed by atoms with Gasteiger partial charge < -0.3 is 14.2 Å². The van der Waals surface area contributed by atoms with Crippen molar-refractivity contribution in [2.45, 2.75) is 374 Å². The van der Waals surface area contributed by atoms with Crippen LogP contribution in [0.1, 0.15) is 367 Å². The van der Waals surface area contributed by atoms with Gasteiger partial charge in [-0.1, -0.05) is 312 Å². The number of carbonyl (C=O) groups is 3. The van der Waals surface area contributed by atoms with E-state index in [4.69, 9.17) is 14.2 Å². The summed E-state index contributed by atoms with van der Waals surface area (Å²) in [6, 6.07) is 0. The molecule has 0 heterocycles. The molecular weight excluding hydrogens is 997 g/mol. The van der Waals surface area contributed by atoms with Gasteiger partial charge in [-0.2, -0.15) is 0 Å². The Labute approximate surface area is 503 Å². The molecule has 0 aromatic carbocycles. The number of carbonyl (C=O) groups excluding carboxylic acids is 3. The summed E-state index contributed by atoms with van der Waals surface area (Å²) in [6.45, 7) is 6.58. The third-order valence-electron chi connectivity index (χ3n) is 15.7. The molecule has 0 saturated carbocycles. The maximum atomic E-state index is 13.0. The molecule has 0 bridgehead atoms. The standard InChI is InChI=1S/C75H134O6/c1-4-7-10-13-16-19-22-25-28-31-34-37-40-43-46-49-52-55-58-61-64-67-73(76)79-70-72(81-75(78)69-66-63-60-57-54-51-48-45-42-39-36-33-30-27-24-21-18-15-12-9-6-3)71-80-74(77)68-65-62-59-56-53-50-47-44-41-38-35-32-29-26-23-20-17-14-11-8-5-2/h7,10,16,19,25,28,32-37,72H,4-6,8-9,11-15,17-18,20-24,26-27,29-31,38-71H2,1-3H3/b10-7-,19-16-,28-25-,35-32-,36-33-,37-34-. The van der Waals surface area contributed by atoms with E-state index in [1.54, 1.807) is 0 Å². The summed E-state index contributed by atoms with van der Waals surface area (Å²) in [5.41, 5.74) is 0. The topological polar surface area (TPSA) is 78.9 Å². The van der Waals surface area contributed by atoms with E-state index in [0.717, 1.165) is 89.9 Å². The van der Waals surface area contributed by atoms with Crippen LogP contribution >= 0.6 is 0 Å². The second kappa shape index (κ2) is 69.3. The summed E-state index contributed by atoms with van der Waals surface area (Å²) in [4.78, 5) is 38.5. The summed E-state index contributed by atoms with van der Waals surface area (Å²) in [6.07, 6.45) is 90.6.